The van der Waals surface area contributed by atoms with Crippen molar-refractivity contribution in [3.63, 3.8) is 0 Å². The van der Waals surface area contributed by atoms with Gasteiger partial charge in [0.05, 0.1) is 10.6 Å². The minimum Gasteiger partial charge on any atom is -0.456 e. The summed E-state index contributed by atoms with van der Waals surface area (Å²) in [5.74, 6) is -0.511. The number of nitrogens with one attached hydrogen (secondary N) is 2. The third-order valence-corrected chi connectivity index (χ3v) is 3.65. The number of rotatable bonds is 4. The van der Waals surface area contributed by atoms with E-state index in [1.54, 1.807) is 0 Å². The van der Waals surface area contributed by atoms with Crippen LogP contribution in [-0.2, 0) is 19.6 Å². The van der Waals surface area contributed by atoms with Crippen LogP contribution in [0, 0.1) is 0 Å². The fraction of sp³-hybridized carbons (Fsp3) is 0.100. The van der Waals surface area contributed by atoms with Crippen molar-refractivity contribution in [2.75, 3.05) is 6.61 Å². The molecule has 96 valence electrons. The predicted molar refractivity (Wildman–Crippen MR) is 64.0 cm³/mol. The summed E-state index contributed by atoms with van der Waals surface area (Å²) < 4.78 is 28.2. The van der Waals surface area contributed by atoms with Gasteiger partial charge in [-0.25, -0.2) is 13.2 Å². The van der Waals surface area contributed by atoms with E-state index in [1.807, 2.05) is 0 Å². The van der Waals surface area contributed by atoms with Crippen LogP contribution in [0.5, 0.6) is 0 Å². The van der Waals surface area contributed by atoms with Gasteiger partial charge in [0.1, 0.15) is 6.61 Å². The van der Waals surface area contributed by atoms with Gasteiger partial charge < -0.3 is 10.2 Å². The number of carbonyl (C=O) groups excluding carboxylic acids is 1. The Bertz CT molecular complexity index is 595. The van der Waals surface area contributed by atoms with Gasteiger partial charge in [-0.1, -0.05) is 11.6 Å². The van der Waals surface area contributed by atoms with E-state index in [2.05, 4.69) is 15.0 Å². The molecular weight excluding hydrogens is 280 g/mol. The maximum absolute atomic E-state index is 11.8. The molecule has 2 N–H and O–H groups in total. The standard InChI is InChI=1S/C10H9ClN2O4S/c11-7-1-3-9(4-2-7)18(15,16)13-12-8-5-10(14)17-6-8/h1-5,12-13H,6H2. The summed E-state index contributed by atoms with van der Waals surface area (Å²) in [7, 11) is -3.71. The maximum Gasteiger partial charge on any atom is 0.333 e. The minimum atomic E-state index is -3.71. The Hall–Kier alpha value is -1.57. The lowest BCUT2D eigenvalue weighted by Gasteiger charge is -2.09. The molecule has 8 heteroatoms. The number of esters is 1. The van der Waals surface area contributed by atoms with E-state index in [0.717, 1.165) is 0 Å². The van der Waals surface area contributed by atoms with Crippen LogP contribution < -0.4 is 10.3 Å². The topological polar surface area (TPSA) is 84.5 Å². The van der Waals surface area contributed by atoms with Gasteiger partial charge in [-0.2, -0.15) is 0 Å². The quantitative estimate of drug-likeness (QED) is 0.625. The molecule has 0 saturated carbocycles. The molecule has 1 aromatic carbocycles. The normalized spacial score (nSPS) is 15.2. The lowest BCUT2D eigenvalue weighted by molar-refractivity contribution is -0.134. The number of cyclic esters (lactones) is 1. The molecular formula is C10H9ClN2O4S. The second-order valence-corrected chi connectivity index (χ2v) is 5.58. The number of sulfonamides is 1. The molecule has 1 heterocycles. The van der Waals surface area contributed by atoms with Crippen LogP contribution in [0.25, 0.3) is 0 Å². The van der Waals surface area contributed by atoms with Crippen LogP contribution in [0.15, 0.2) is 40.9 Å². The van der Waals surface area contributed by atoms with E-state index in [-0.39, 0.29) is 11.5 Å². The smallest absolute Gasteiger partial charge is 0.333 e. The Morgan fingerprint density at radius 3 is 2.44 bits per heavy atom. The SMILES string of the molecule is O=C1C=C(NNS(=O)(=O)c2ccc(Cl)cc2)CO1. The maximum atomic E-state index is 11.8. The Morgan fingerprint density at radius 1 is 1.22 bits per heavy atom. The van der Waals surface area contributed by atoms with E-state index in [4.69, 9.17) is 11.6 Å². The van der Waals surface area contributed by atoms with E-state index in [1.165, 1.54) is 30.3 Å². The van der Waals surface area contributed by atoms with E-state index in [0.29, 0.717) is 10.7 Å². The molecule has 0 aromatic heterocycles. The Balaban J connectivity index is 2.06. The number of hydrogen-bond donors (Lipinski definition) is 2. The fourth-order valence-electron chi connectivity index (χ4n) is 1.25. The molecule has 0 radical (unpaired) electrons. The summed E-state index contributed by atoms with van der Waals surface area (Å²) in [4.78, 5) is 13.0. The molecule has 0 aliphatic carbocycles. The number of hydrogen-bond acceptors (Lipinski definition) is 5. The van der Waals surface area contributed by atoms with Crippen molar-refractivity contribution in [1.29, 1.82) is 0 Å². The van der Waals surface area contributed by atoms with Crippen LogP contribution >= 0.6 is 11.6 Å². The second kappa shape index (κ2) is 4.97. The van der Waals surface area contributed by atoms with Crippen molar-refractivity contribution in [3.8, 4) is 0 Å². The highest BCUT2D eigenvalue weighted by atomic mass is 35.5. The number of benzene rings is 1. The van der Waals surface area contributed by atoms with E-state index >= 15 is 0 Å². The highest BCUT2D eigenvalue weighted by Gasteiger charge is 2.17. The molecule has 1 aliphatic rings. The Labute approximate surface area is 109 Å². The summed E-state index contributed by atoms with van der Waals surface area (Å²) in [5.41, 5.74) is 2.75. The van der Waals surface area contributed by atoms with Crippen LogP contribution in [-0.4, -0.2) is 21.0 Å². The first-order valence-corrected chi connectivity index (χ1v) is 6.74. The zero-order valence-corrected chi connectivity index (χ0v) is 10.6. The molecule has 1 aliphatic heterocycles. The van der Waals surface area contributed by atoms with Crippen molar-refractivity contribution in [2.24, 2.45) is 0 Å². The zero-order chi connectivity index (χ0) is 13.2. The van der Waals surface area contributed by atoms with Gasteiger partial charge >= 0.3 is 5.97 Å². The number of carbonyl (C=O) groups is 1. The molecule has 0 atom stereocenters. The van der Waals surface area contributed by atoms with Crippen molar-refractivity contribution in [2.45, 2.75) is 4.90 Å². The molecule has 0 unspecified atom stereocenters. The molecule has 1 aromatic rings. The molecule has 0 fully saturated rings. The second-order valence-electron chi connectivity index (χ2n) is 3.46. The summed E-state index contributed by atoms with van der Waals surface area (Å²) in [5, 5.41) is 0.444. The molecule has 18 heavy (non-hydrogen) atoms. The van der Waals surface area contributed by atoms with Gasteiger partial charge in [-0.15, -0.1) is 4.83 Å². The van der Waals surface area contributed by atoms with Gasteiger partial charge in [0.25, 0.3) is 10.0 Å². The first-order chi connectivity index (χ1) is 8.47. The number of halogens is 1. The third-order valence-electron chi connectivity index (χ3n) is 2.13. The van der Waals surface area contributed by atoms with Gasteiger partial charge in [0.15, 0.2) is 0 Å². The van der Waals surface area contributed by atoms with Crippen LogP contribution in [0.4, 0.5) is 0 Å². The highest BCUT2D eigenvalue weighted by Crippen LogP contribution is 2.13. The zero-order valence-electron chi connectivity index (χ0n) is 9.01. The fourth-order valence-corrected chi connectivity index (χ4v) is 2.26. The summed E-state index contributed by atoms with van der Waals surface area (Å²) in [6.07, 6.45) is 1.17. The van der Waals surface area contributed by atoms with Crippen LogP contribution in [0.3, 0.4) is 0 Å². The predicted octanol–water partition coefficient (Wildman–Crippen LogP) is 0.564. The Kier molecular flexibility index (Phi) is 3.55. The van der Waals surface area contributed by atoms with Crippen LogP contribution in [0.1, 0.15) is 0 Å². The van der Waals surface area contributed by atoms with Gasteiger partial charge in [-0.3, -0.25) is 0 Å². The Morgan fingerprint density at radius 2 is 1.89 bits per heavy atom. The number of ether oxygens (including phenoxy) is 1. The van der Waals surface area contributed by atoms with Gasteiger partial charge in [0.2, 0.25) is 0 Å². The van der Waals surface area contributed by atoms with Crippen molar-refractivity contribution in [3.05, 3.63) is 41.1 Å². The average Bonchev–Trinajstić information content (AvgIpc) is 2.73. The average molecular weight is 289 g/mol. The molecule has 6 nitrogen and oxygen atoms in total. The van der Waals surface area contributed by atoms with Gasteiger partial charge in [-0.05, 0) is 24.3 Å². The molecule has 2 rings (SSSR count). The molecule has 0 saturated heterocycles. The van der Waals surface area contributed by atoms with E-state index < -0.39 is 16.0 Å². The minimum absolute atomic E-state index is 0.0158. The highest BCUT2D eigenvalue weighted by molar-refractivity contribution is 7.89. The van der Waals surface area contributed by atoms with Gasteiger partial charge in [0, 0.05) is 11.1 Å². The largest absolute Gasteiger partial charge is 0.456 e. The van der Waals surface area contributed by atoms with Crippen molar-refractivity contribution >= 4 is 27.6 Å². The van der Waals surface area contributed by atoms with Crippen molar-refractivity contribution < 1.29 is 17.9 Å². The first-order valence-electron chi connectivity index (χ1n) is 4.88. The van der Waals surface area contributed by atoms with Crippen molar-refractivity contribution in [1.82, 2.24) is 10.3 Å². The molecule has 0 spiro atoms. The third kappa shape index (κ3) is 3.00. The van der Waals surface area contributed by atoms with Crippen LogP contribution in [0.2, 0.25) is 5.02 Å². The van der Waals surface area contributed by atoms with E-state index in [9.17, 15) is 13.2 Å². The lowest BCUT2D eigenvalue weighted by atomic mass is 10.4. The molecule has 0 bridgehead atoms. The number of hydrazine groups is 1. The summed E-state index contributed by atoms with van der Waals surface area (Å²) in [6.45, 7) is 0.0158. The summed E-state index contributed by atoms with van der Waals surface area (Å²) in [6, 6.07) is 5.68. The molecule has 0 amide bonds. The lowest BCUT2D eigenvalue weighted by Crippen LogP contribution is -2.37. The summed E-state index contributed by atoms with van der Waals surface area (Å²) >= 11 is 5.66. The first kappa shape index (κ1) is 12.9. The monoisotopic (exact) mass is 288 g/mol.